The van der Waals surface area contributed by atoms with E-state index in [2.05, 4.69) is 5.32 Å². The Morgan fingerprint density at radius 2 is 2.19 bits per heavy atom. The number of nitrogens with one attached hydrogen (secondary N) is 1. The molecule has 1 amide bonds. The van der Waals surface area contributed by atoms with Crippen molar-refractivity contribution in [2.75, 3.05) is 24.1 Å². The van der Waals surface area contributed by atoms with E-state index in [-0.39, 0.29) is 23.8 Å². The van der Waals surface area contributed by atoms with Crippen molar-refractivity contribution in [2.24, 2.45) is 0 Å². The van der Waals surface area contributed by atoms with Crippen molar-refractivity contribution < 1.29 is 18.0 Å². The fourth-order valence-corrected chi connectivity index (χ4v) is 2.45. The van der Waals surface area contributed by atoms with Crippen molar-refractivity contribution in [3.63, 3.8) is 0 Å². The fourth-order valence-electron chi connectivity index (χ4n) is 2.45. The third-order valence-corrected chi connectivity index (χ3v) is 3.69. The zero-order valence-corrected chi connectivity index (χ0v) is 11.7. The molecule has 7 heteroatoms. The van der Waals surface area contributed by atoms with Crippen molar-refractivity contribution in [2.45, 2.75) is 32.0 Å². The lowest BCUT2D eigenvalue weighted by atomic mass is 10.1. The Morgan fingerprint density at radius 1 is 1.48 bits per heavy atom. The highest BCUT2D eigenvalue weighted by atomic mass is 19.4. The molecule has 0 spiro atoms. The first kappa shape index (κ1) is 15.6. The number of carbonyl (C=O) groups is 1. The molecular weight excluding hydrogens is 283 g/mol. The molecule has 1 aromatic carbocycles. The van der Waals surface area contributed by atoms with Crippen LogP contribution in [-0.4, -0.2) is 29.9 Å². The molecule has 1 heterocycles. The summed E-state index contributed by atoms with van der Waals surface area (Å²) in [4.78, 5) is 14.0. The van der Waals surface area contributed by atoms with Crippen LogP contribution in [0.4, 0.5) is 24.5 Å². The number of carbonyl (C=O) groups excluding carboxylic acids is 1. The van der Waals surface area contributed by atoms with Crippen LogP contribution in [0.1, 0.15) is 25.3 Å². The van der Waals surface area contributed by atoms with E-state index >= 15 is 0 Å². The van der Waals surface area contributed by atoms with Crippen LogP contribution in [0.15, 0.2) is 18.2 Å². The molecular formula is C14H18F3N3O. The second-order valence-electron chi connectivity index (χ2n) is 5.31. The van der Waals surface area contributed by atoms with Gasteiger partial charge in [0.05, 0.1) is 23.5 Å². The maximum absolute atomic E-state index is 12.5. The van der Waals surface area contributed by atoms with E-state index in [0.29, 0.717) is 6.04 Å². The Labute approximate surface area is 121 Å². The number of halogens is 3. The molecule has 1 aliphatic rings. The van der Waals surface area contributed by atoms with E-state index < -0.39 is 11.7 Å². The lowest BCUT2D eigenvalue weighted by molar-refractivity contribution is -0.137. The maximum Gasteiger partial charge on any atom is 0.416 e. The molecule has 1 fully saturated rings. The van der Waals surface area contributed by atoms with Gasteiger partial charge in [-0.3, -0.25) is 9.69 Å². The van der Waals surface area contributed by atoms with E-state index in [0.717, 1.165) is 31.5 Å². The average molecular weight is 301 g/mol. The fraction of sp³-hybridized carbons (Fsp3) is 0.500. The molecule has 0 radical (unpaired) electrons. The summed E-state index contributed by atoms with van der Waals surface area (Å²) in [5.41, 5.74) is 4.86. The minimum Gasteiger partial charge on any atom is -0.397 e. The second kappa shape index (κ2) is 5.93. The molecule has 0 aliphatic carbocycles. The molecule has 4 nitrogen and oxygen atoms in total. The predicted octanol–water partition coefficient (Wildman–Crippen LogP) is 2.71. The van der Waals surface area contributed by atoms with Crippen molar-refractivity contribution in [1.82, 2.24) is 4.90 Å². The summed E-state index contributed by atoms with van der Waals surface area (Å²) in [5.74, 6) is -0.268. The maximum atomic E-state index is 12.5. The normalized spacial score (nSPS) is 19.7. The lowest BCUT2D eigenvalue weighted by Crippen LogP contribution is -2.35. The van der Waals surface area contributed by atoms with Gasteiger partial charge in [0.25, 0.3) is 0 Å². The molecule has 1 unspecified atom stereocenters. The number of alkyl halides is 3. The first-order valence-corrected chi connectivity index (χ1v) is 6.78. The number of benzene rings is 1. The van der Waals surface area contributed by atoms with Gasteiger partial charge in [0.1, 0.15) is 0 Å². The van der Waals surface area contributed by atoms with Crippen molar-refractivity contribution >= 4 is 17.3 Å². The average Bonchev–Trinajstić information content (AvgIpc) is 2.76. The molecule has 1 aliphatic heterocycles. The third-order valence-electron chi connectivity index (χ3n) is 3.69. The summed E-state index contributed by atoms with van der Waals surface area (Å²) < 4.78 is 37.6. The number of rotatable bonds is 3. The predicted molar refractivity (Wildman–Crippen MR) is 74.8 cm³/mol. The van der Waals surface area contributed by atoms with E-state index in [1.165, 1.54) is 6.07 Å². The Balaban J connectivity index is 2.01. The van der Waals surface area contributed by atoms with Gasteiger partial charge < -0.3 is 11.1 Å². The second-order valence-corrected chi connectivity index (χ2v) is 5.31. The summed E-state index contributed by atoms with van der Waals surface area (Å²) in [6.07, 6.45) is -2.34. The number of anilines is 2. The molecule has 1 atom stereocenters. The van der Waals surface area contributed by atoms with Gasteiger partial charge >= 0.3 is 6.18 Å². The Kier molecular flexibility index (Phi) is 4.41. The van der Waals surface area contributed by atoms with Gasteiger partial charge in [0, 0.05) is 6.04 Å². The summed E-state index contributed by atoms with van der Waals surface area (Å²) >= 11 is 0. The van der Waals surface area contributed by atoms with Crippen LogP contribution in [0.25, 0.3) is 0 Å². The summed E-state index contributed by atoms with van der Waals surface area (Å²) in [6.45, 7) is 3.13. The van der Waals surface area contributed by atoms with E-state index in [1.54, 1.807) is 0 Å². The lowest BCUT2D eigenvalue weighted by Gasteiger charge is -2.20. The number of likely N-dealkylation sites (tertiary alicyclic amines) is 1. The van der Waals surface area contributed by atoms with Crippen LogP contribution in [-0.2, 0) is 11.0 Å². The van der Waals surface area contributed by atoms with Crippen molar-refractivity contribution in [3.8, 4) is 0 Å². The van der Waals surface area contributed by atoms with Gasteiger partial charge in [-0.15, -0.1) is 0 Å². The molecule has 0 bridgehead atoms. The topological polar surface area (TPSA) is 58.4 Å². The van der Waals surface area contributed by atoms with Crippen LogP contribution in [0.3, 0.4) is 0 Å². The van der Waals surface area contributed by atoms with Gasteiger partial charge in [-0.1, -0.05) is 0 Å². The summed E-state index contributed by atoms with van der Waals surface area (Å²) in [7, 11) is 0. The molecule has 3 N–H and O–H groups in total. The minimum absolute atomic E-state index is 0.0901. The SMILES string of the molecule is CC1CCCN1CC(=O)Nc1ccc(C(F)(F)F)cc1N. The number of nitrogen functional groups attached to an aromatic ring is 1. The van der Waals surface area contributed by atoms with E-state index in [1.807, 2.05) is 11.8 Å². The first-order valence-electron chi connectivity index (χ1n) is 6.78. The minimum atomic E-state index is -4.44. The van der Waals surface area contributed by atoms with Crippen LogP contribution in [0, 0.1) is 0 Å². The van der Waals surface area contributed by atoms with Crippen LogP contribution in [0.2, 0.25) is 0 Å². The quantitative estimate of drug-likeness (QED) is 0.844. The highest BCUT2D eigenvalue weighted by Gasteiger charge is 2.31. The van der Waals surface area contributed by atoms with Crippen molar-refractivity contribution in [1.29, 1.82) is 0 Å². The highest BCUT2D eigenvalue weighted by Crippen LogP contribution is 2.32. The Hall–Kier alpha value is -1.76. The standard InChI is InChI=1S/C14H18F3N3O/c1-9-3-2-6-20(9)8-13(21)19-12-5-4-10(7-11(12)18)14(15,16)17/h4-5,7,9H,2-3,6,8,18H2,1H3,(H,19,21). The van der Waals surface area contributed by atoms with Crippen LogP contribution < -0.4 is 11.1 Å². The zero-order valence-electron chi connectivity index (χ0n) is 11.7. The zero-order chi connectivity index (χ0) is 15.6. The van der Waals surface area contributed by atoms with E-state index in [4.69, 9.17) is 5.73 Å². The summed E-state index contributed by atoms with van der Waals surface area (Å²) in [5, 5.41) is 2.56. The van der Waals surface area contributed by atoms with Gasteiger partial charge in [-0.2, -0.15) is 13.2 Å². The molecule has 116 valence electrons. The number of hydrogen-bond donors (Lipinski definition) is 2. The molecule has 1 saturated heterocycles. The Morgan fingerprint density at radius 3 is 2.71 bits per heavy atom. The third kappa shape index (κ3) is 3.87. The molecule has 0 aromatic heterocycles. The highest BCUT2D eigenvalue weighted by molar-refractivity contribution is 5.95. The van der Waals surface area contributed by atoms with Gasteiger partial charge in [-0.05, 0) is 44.5 Å². The van der Waals surface area contributed by atoms with Crippen LogP contribution >= 0.6 is 0 Å². The molecule has 0 saturated carbocycles. The summed E-state index contributed by atoms with van der Waals surface area (Å²) in [6, 6.07) is 3.27. The number of nitrogens with zero attached hydrogens (tertiary/aromatic N) is 1. The number of hydrogen-bond acceptors (Lipinski definition) is 3. The monoisotopic (exact) mass is 301 g/mol. The molecule has 2 rings (SSSR count). The van der Waals surface area contributed by atoms with Crippen molar-refractivity contribution in [3.05, 3.63) is 23.8 Å². The number of amides is 1. The van der Waals surface area contributed by atoms with Gasteiger partial charge in [-0.25, -0.2) is 0 Å². The van der Waals surface area contributed by atoms with Gasteiger partial charge in [0.15, 0.2) is 0 Å². The van der Waals surface area contributed by atoms with E-state index in [9.17, 15) is 18.0 Å². The smallest absolute Gasteiger partial charge is 0.397 e. The molecule has 1 aromatic rings. The Bertz CT molecular complexity index is 531. The van der Waals surface area contributed by atoms with Crippen LogP contribution in [0.5, 0.6) is 0 Å². The number of nitrogens with two attached hydrogens (primary N) is 1. The largest absolute Gasteiger partial charge is 0.416 e. The molecule has 21 heavy (non-hydrogen) atoms. The van der Waals surface area contributed by atoms with Gasteiger partial charge in [0.2, 0.25) is 5.91 Å². The first-order chi connectivity index (χ1) is 9.77.